The zero-order valence-electron chi connectivity index (χ0n) is 8.15. The quantitative estimate of drug-likeness (QED) is 0.821. The van der Waals surface area contributed by atoms with Crippen molar-refractivity contribution in [2.24, 2.45) is 0 Å². The van der Waals surface area contributed by atoms with Gasteiger partial charge in [-0.3, -0.25) is 0 Å². The molecule has 2 heterocycles. The fourth-order valence-electron chi connectivity index (χ4n) is 1.10. The molecule has 0 saturated heterocycles. The number of hydrogen-bond acceptors (Lipinski definition) is 6. The molecular weight excluding hydrogens is 232 g/mol. The molecule has 0 atom stereocenters. The van der Waals surface area contributed by atoms with Gasteiger partial charge in [-0.1, -0.05) is 0 Å². The molecule has 1 aromatic rings. The molecule has 0 spiro atoms. The number of carbonyl (C=O) groups is 1. The molecular formula is C9H10N2O2S2. The summed E-state index contributed by atoms with van der Waals surface area (Å²) in [5, 5.41) is 5.68. The highest BCUT2D eigenvalue weighted by Gasteiger charge is 2.15. The van der Waals surface area contributed by atoms with Crippen molar-refractivity contribution >= 4 is 34.0 Å². The Morgan fingerprint density at radius 3 is 3.27 bits per heavy atom. The second-order valence-corrected chi connectivity index (χ2v) is 4.64. The van der Waals surface area contributed by atoms with Gasteiger partial charge in [-0.25, -0.2) is 9.78 Å². The number of thioether (sulfide) groups is 1. The van der Waals surface area contributed by atoms with Gasteiger partial charge in [-0.05, 0) is 6.92 Å². The van der Waals surface area contributed by atoms with Crippen LogP contribution in [0.25, 0.3) is 4.91 Å². The normalized spacial score (nSPS) is 14.6. The summed E-state index contributed by atoms with van der Waals surface area (Å²) in [5.41, 5.74) is 0.394. The Labute approximate surface area is 95.7 Å². The summed E-state index contributed by atoms with van der Waals surface area (Å²) in [6, 6.07) is 0. The summed E-state index contributed by atoms with van der Waals surface area (Å²) in [4.78, 5) is 16.7. The van der Waals surface area contributed by atoms with Gasteiger partial charge in [0.25, 0.3) is 0 Å². The number of esters is 1. The minimum absolute atomic E-state index is 0.350. The van der Waals surface area contributed by atoms with Crippen molar-refractivity contribution in [1.29, 1.82) is 0 Å². The summed E-state index contributed by atoms with van der Waals surface area (Å²) in [6.45, 7) is 2.16. The third-order valence-corrected chi connectivity index (χ3v) is 3.68. The van der Waals surface area contributed by atoms with Crippen molar-refractivity contribution in [1.82, 2.24) is 10.3 Å². The standard InChI is InChI=1S/C9H10N2O2S2/c1-2-13-9(12)6-4-14-8(11-6)7-3-10-5-15-7/h3-4,10H,2,5H2,1H3. The molecule has 0 saturated carbocycles. The first-order chi connectivity index (χ1) is 7.31. The summed E-state index contributed by atoms with van der Waals surface area (Å²) >= 11 is 3.14. The van der Waals surface area contributed by atoms with Crippen LogP contribution in [0.5, 0.6) is 0 Å². The average Bonchev–Trinajstić information content (AvgIpc) is 2.89. The van der Waals surface area contributed by atoms with E-state index in [2.05, 4.69) is 10.3 Å². The Morgan fingerprint density at radius 2 is 2.60 bits per heavy atom. The van der Waals surface area contributed by atoms with Crippen LogP contribution in [-0.2, 0) is 4.74 Å². The van der Waals surface area contributed by atoms with Crippen LogP contribution in [0.15, 0.2) is 11.6 Å². The van der Waals surface area contributed by atoms with Crippen molar-refractivity contribution in [3.8, 4) is 0 Å². The third kappa shape index (κ3) is 2.32. The van der Waals surface area contributed by atoms with Gasteiger partial charge >= 0.3 is 5.97 Å². The van der Waals surface area contributed by atoms with E-state index in [1.54, 1.807) is 24.1 Å². The lowest BCUT2D eigenvalue weighted by Gasteiger charge is -1.96. The van der Waals surface area contributed by atoms with Crippen LogP contribution >= 0.6 is 23.1 Å². The number of ether oxygens (including phenoxy) is 1. The molecule has 0 aromatic carbocycles. The molecule has 0 bridgehead atoms. The van der Waals surface area contributed by atoms with Crippen molar-refractivity contribution in [2.45, 2.75) is 6.92 Å². The van der Waals surface area contributed by atoms with E-state index in [9.17, 15) is 4.79 Å². The van der Waals surface area contributed by atoms with E-state index in [1.165, 1.54) is 11.3 Å². The molecule has 15 heavy (non-hydrogen) atoms. The number of thiazole rings is 1. The monoisotopic (exact) mass is 242 g/mol. The molecule has 4 nitrogen and oxygen atoms in total. The molecule has 2 rings (SSSR count). The number of nitrogens with zero attached hydrogens (tertiary/aromatic N) is 1. The maximum absolute atomic E-state index is 11.4. The highest BCUT2D eigenvalue weighted by molar-refractivity contribution is 8.08. The van der Waals surface area contributed by atoms with E-state index < -0.39 is 0 Å². The second-order valence-electron chi connectivity index (χ2n) is 2.76. The van der Waals surface area contributed by atoms with Gasteiger partial charge in [0.1, 0.15) is 5.01 Å². The summed E-state index contributed by atoms with van der Waals surface area (Å²) in [5.74, 6) is 0.514. The van der Waals surface area contributed by atoms with E-state index in [1.807, 2.05) is 6.20 Å². The van der Waals surface area contributed by atoms with Crippen molar-refractivity contribution in [2.75, 3.05) is 12.5 Å². The van der Waals surface area contributed by atoms with E-state index in [0.717, 1.165) is 15.8 Å². The van der Waals surface area contributed by atoms with Crippen molar-refractivity contribution in [3.63, 3.8) is 0 Å². The molecule has 1 aliphatic rings. The van der Waals surface area contributed by atoms with Crippen LogP contribution < -0.4 is 5.32 Å². The molecule has 1 aromatic heterocycles. The minimum atomic E-state index is -0.350. The van der Waals surface area contributed by atoms with Gasteiger partial charge in [0.05, 0.1) is 17.4 Å². The Balaban J connectivity index is 2.13. The van der Waals surface area contributed by atoms with Gasteiger partial charge in [-0.15, -0.1) is 23.1 Å². The molecule has 1 N–H and O–H groups in total. The minimum Gasteiger partial charge on any atom is -0.461 e. The molecule has 0 fully saturated rings. The molecule has 0 amide bonds. The Bertz CT molecular complexity index is 401. The topological polar surface area (TPSA) is 51.2 Å². The molecule has 80 valence electrons. The second kappa shape index (κ2) is 4.67. The molecule has 0 radical (unpaired) electrons. The molecule has 0 unspecified atom stereocenters. The number of aromatic nitrogens is 1. The average molecular weight is 242 g/mol. The van der Waals surface area contributed by atoms with E-state index in [0.29, 0.717) is 12.3 Å². The molecule has 6 heteroatoms. The van der Waals surface area contributed by atoms with E-state index >= 15 is 0 Å². The lowest BCUT2D eigenvalue weighted by atomic mass is 10.5. The summed E-state index contributed by atoms with van der Waals surface area (Å²) in [6.07, 6.45) is 1.92. The smallest absolute Gasteiger partial charge is 0.357 e. The largest absolute Gasteiger partial charge is 0.461 e. The van der Waals surface area contributed by atoms with Gasteiger partial charge < -0.3 is 10.1 Å². The van der Waals surface area contributed by atoms with Crippen LogP contribution in [-0.4, -0.2) is 23.4 Å². The Kier molecular flexibility index (Phi) is 3.27. The SMILES string of the molecule is CCOC(=O)c1csc(C2=CNCS2)n1. The van der Waals surface area contributed by atoms with Crippen molar-refractivity contribution in [3.05, 3.63) is 22.3 Å². The first-order valence-electron chi connectivity index (χ1n) is 4.50. The highest BCUT2D eigenvalue weighted by Crippen LogP contribution is 2.31. The third-order valence-electron chi connectivity index (χ3n) is 1.74. The highest BCUT2D eigenvalue weighted by atomic mass is 32.2. The van der Waals surface area contributed by atoms with Crippen LogP contribution in [0.1, 0.15) is 22.4 Å². The van der Waals surface area contributed by atoms with E-state index in [4.69, 9.17) is 4.74 Å². The van der Waals surface area contributed by atoms with Gasteiger partial charge in [0.15, 0.2) is 5.69 Å². The predicted molar refractivity (Wildman–Crippen MR) is 61.6 cm³/mol. The van der Waals surface area contributed by atoms with Crippen molar-refractivity contribution < 1.29 is 9.53 Å². The zero-order chi connectivity index (χ0) is 10.7. The zero-order valence-corrected chi connectivity index (χ0v) is 9.78. The van der Waals surface area contributed by atoms with E-state index in [-0.39, 0.29) is 5.97 Å². The predicted octanol–water partition coefficient (Wildman–Crippen LogP) is 1.91. The number of rotatable bonds is 3. The Morgan fingerprint density at radius 1 is 1.73 bits per heavy atom. The van der Waals surface area contributed by atoms with Crippen LogP contribution in [0.2, 0.25) is 0 Å². The lowest BCUT2D eigenvalue weighted by Crippen LogP contribution is -2.04. The van der Waals surface area contributed by atoms with Gasteiger partial charge in [0, 0.05) is 11.6 Å². The summed E-state index contributed by atoms with van der Waals surface area (Å²) in [7, 11) is 0. The number of hydrogen-bond donors (Lipinski definition) is 1. The van der Waals surface area contributed by atoms with Gasteiger partial charge in [0.2, 0.25) is 0 Å². The van der Waals surface area contributed by atoms with Gasteiger partial charge in [-0.2, -0.15) is 0 Å². The lowest BCUT2D eigenvalue weighted by molar-refractivity contribution is 0.0520. The molecule has 1 aliphatic heterocycles. The van der Waals surface area contributed by atoms with Crippen LogP contribution in [0.3, 0.4) is 0 Å². The first kappa shape index (κ1) is 10.5. The number of nitrogens with one attached hydrogen (secondary N) is 1. The Hall–Kier alpha value is -1.01. The summed E-state index contributed by atoms with van der Waals surface area (Å²) < 4.78 is 4.87. The fourth-order valence-corrected chi connectivity index (χ4v) is 2.78. The maximum Gasteiger partial charge on any atom is 0.357 e. The molecule has 0 aliphatic carbocycles. The van der Waals surface area contributed by atoms with Crippen LogP contribution in [0, 0.1) is 0 Å². The maximum atomic E-state index is 11.4. The van der Waals surface area contributed by atoms with Crippen LogP contribution in [0.4, 0.5) is 0 Å². The number of carbonyl (C=O) groups excluding carboxylic acids is 1. The fraction of sp³-hybridized carbons (Fsp3) is 0.333. The first-order valence-corrected chi connectivity index (χ1v) is 6.37.